The number of methoxy groups -OCH3 is 1. The molecule has 3 heterocycles. The van der Waals surface area contributed by atoms with E-state index in [1.54, 1.807) is 20.4 Å². The van der Waals surface area contributed by atoms with Crippen molar-refractivity contribution in [3.05, 3.63) is 70.3 Å². The van der Waals surface area contributed by atoms with Gasteiger partial charge in [-0.2, -0.15) is 0 Å². The SMILES string of the molecule is CC.CC.CC/C(=C\C=C(/C)N1CCN=C2/C(=C/c3ccc(-n4cnc(C)c4)c(OC)c3)CCCN21)S(F)(F)(F)(F)F. The molecule has 0 bridgehead atoms. The van der Waals surface area contributed by atoms with Gasteiger partial charge in [0.05, 0.1) is 42.8 Å². The van der Waals surface area contributed by atoms with Gasteiger partial charge in [0.1, 0.15) is 11.6 Å². The maximum absolute atomic E-state index is 13.3. The van der Waals surface area contributed by atoms with Gasteiger partial charge in [0.25, 0.3) is 0 Å². The van der Waals surface area contributed by atoms with Gasteiger partial charge in [-0.3, -0.25) is 15.0 Å². The second kappa shape index (κ2) is 13.4. The second-order valence-corrected chi connectivity index (χ2v) is 11.8. The molecule has 0 aliphatic carbocycles. The van der Waals surface area contributed by atoms with E-state index < -0.39 is 21.5 Å². The van der Waals surface area contributed by atoms with Gasteiger partial charge in [0, 0.05) is 18.4 Å². The van der Waals surface area contributed by atoms with E-state index in [1.165, 1.54) is 0 Å². The molecule has 0 amide bonds. The van der Waals surface area contributed by atoms with E-state index in [1.807, 2.05) is 79.7 Å². The van der Waals surface area contributed by atoms with Gasteiger partial charge in [-0.1, -0.05) is 60.1 Å². The van der Waals surface area contributed by atoms with Crippen LogP contribution in [0.2, 0.25) is 0 Å². The number of hydrazine groups is 1. The number of amidine groups is 1. The van der Waals surface area contributed by atoms with Crippen molar-refractivity contribution in [2.75, 3.05) is 26.7 Å². The Morgan fingerprint density at radius 3 is 2.31 bits per heavy atom. The van der Waals surface area contributed by atoms with Crippen molar-refractivity contribution in [3.63, 3.8) is 0 Å². The minimum atomic E-state index is -9.70. The molecule has 0 N–H and O–H groups in total. The highest BCUT2D eigenvalue weighted by molar-refractivity contribution is 8.48. The number of fused-ring (bicyclic) bond motifs is 1. The van der Waals surface area contributed by atoms with E-state index in [-0.39, 0.29) is 0 Å². The van der Waals surface area contributed by atoms with Gasteiger partial charge in [0.15, 0.2) is 0 Å². The highest BCUT2D eigenvalue weighted by atomic mass is 32.5. The first-order valence-electron chi connectivity index (χ1n) is 14.3. The van der Waals surface area contributed by atoms with Crippen molar-refractivity contribution >= 4 is 22.1 Å². The first kappa shape index (κ1) is 34.9. The third-order valence-corrected chi connectivity index (χ3v) is 7.92. The molecule has 4 rings (SSSR count). The van der Waals surface area contributed by atoms with Crippen molar-refractivity contribution in [2.45, 2.75) is 67.7 Å². The van der Waals surface area contributed by atoms with E-state index in [0.717, 1.165) is 54.2 Å². The number of aryl methyl sites for hydroxylation is 1. The summed E-state index contributed by atoms with van der Waals surface area (Å²) in [7, 11) is -8.10. The van der Waals surface area contributed by atoms with Gasteiger partial charge in [0.2, 0.25) is 0 Å². The minimum Gasteiger partial charge on any atom is -0.495 e. The largest absolute Gasteiger partial charge is 0.495 e. The van der Waals surface area contributed by atoms with Crippen molar-refractivity contribution in [2.24, 2.45) is 4.99 Å². The molecule has 6 nitrogen and oxygen atoms in total. The van der Waals surface area contributed by atoms with Crippen LogP contribution < -0.4 is 4.74 Å². The molecule has 0 unspecified atom stereocenters. The van der Waals surface area contributed by atoms with E-state index in [2.05, 4.69) is 4.98 Å². The van der Waals surface area contributed by atoms with E-state index >= 15 is 0 Å². The molecule has 0 radical (unpaired) electrons. The van der Waals surface area contributed by atoms with Crippen molar-refractivity contribution in [1.82, 2.24) is 19.6 Å². The van der Waals surface area contributed by atoms with Crippen LogP contribution >= 0.6 is 10.2 Å². The van der Waals surface area contributed by atoms with Crippen LogP contribution in [0.3, 0.4) is 0 Å². The number of ether oxygens (including phenoxy) is 1. The smallest absolute Gasteiger partial charge is 0.307 e. The molecule has 1 saturated heterocycles. The maximum Gasteiger partial charge on any atom is 0.307 e. The topological polar surface area (TPSA) is 45.9 Å². The first-order valence-corrected chi connectivity index (χ1v) is 16.3. The predicted molar refractivity (Wildman–Crippen MR) is 166 cm³/mol. The summed E-state index contributed by atoms with van der Waals surface area (Å²) in [6.07, 6.45) is 8.09. The zero-order valence-corrected chi connectivity index (χ0v) is 26.6. The number of rotatable bonds is 7. The van der Waals surface area contributed by atoms with Gasteiger partial charge in [-0.05, 0) is 74.6 Å². The lowest BCUT2D eigenvalue weighted by Crippen LogP contribution is -2.52. The molecular formula is C30H44F5N5OS. The van der Waals surface area contributed by atoms with Crippen LogP contribution in [0, 0.1) is 6.92 Å². The molecule has 0 spiro atoms. The summed E-state index contributed by atoms with van der Waals surface area (Å²) in [4.78, 5) is 7.18. The quantitative estimate of drug-likeness (QED) is 0.229. The van der Waals surface area contributed by atoms with Crippen LogP contribution in [0.25, 0.3) is 11.8 Å². The van der Waals surface area contributed by atoms with E-state index in [4.69, 9.17) is 9.73 Å². The Kier molecular flexibility index (Phi) is 11.1. The zero-order valence-electron chi connectivity index (χ0n) is 25.8. The number of hydrogen-bond acceptors (Lipinski definition) is 5. The molecule has 236 valence electrons. The number of halogens is 5. The first-order chi connectivity index (χ1) is 19.7. The average molecular weight is 618 g/mol. The summed E-state index contributed by atoms with van der Waals surface area (Å²) in [6.45, 7) is 14.1. The number of hydrogen-bond donors (Lipinski definition) is 0. The lowest BCUT2D eigenvalue weighted by molar-refractivity contribution is 0.0730. The molecule has 1 fully saturated rings. The van der Waals surface area contributed by atoms with Crippen LogP contribution in [0.5, 0.6) is 5.75 Å². The molecule has 0 atom stereocenters. The number of benzene rings is 1. The Morgan fingerprint density at radius 2 is 1.74 bits per heavy atom. The summed E-state index contributed by atoms with van der Waals surface area (Å²) in [5.74, 6) is 1.41. The second-order valence-electron chi connectivity index (χ2n) is 9.34. The molecule has 1 aromatic heterocycles. The fraction of sp³-hybridized carbons (Fsp3) is 0.467. The van der Waals surface area contributed by atoms with Crippen LogP contribution in [0.4, 0.5) is 19.4 Å². The lowest BCUT2D eigenvalue weighted by atomic mass is 10.00. The van der Waals surface area contributed by atoms with Crippen LogP contribution in [-0.2, 0) is 0 Å². The Hall–Kier alpha value is -3.28. The highest BCUT2D eigenvalue weighted by Crippen LogP contribution is 3.02. The highest BCUT2D eigenvalue weighted by Gasteiger charge is 2.66. The molecule has 1 aromatic carbocycles. The summed E-state index contributed by atoms with van der Waals surface area (Å²) < 4.78 is 74.1. The van der Waals surface area contributed by atoms with Crippen LogP contribution in [0.15, 0.2) is 64.0 Å². The molecular weight excluding hydrogens is 573 g/mol. The van der Waals surface area contributed by atoms with Crippen molar-refractivity contribution in [3.8, 4) is 11.4 Å². The van der Waals surface area contributed by atoms with Crippen molar-refractivity contribution < 1.29 is 24.2 Å². The van der Waals surface area contributed by atoms with Crippen molar-refractivity contribution in [1.29, 1.82) is 0 Å². The summed E-state index contributed by atoms with van der Waals surface area (Å²) in [5.41, 5.74) is 4.08. The number of aromatic nitrogens is 2. The Labute approximate surface area is 247 Å². The Bertz CT molecular complexity index is 1350. The number of imidazole rings is 1. The Morgan fingerprint density at radius 1 is 1.05 bits per heavy atom. The molecule has 2 aliphatic rings. The summed E-state index contributed by atoms with van der Waals surface area (Å²) in [5, 5.41) is 3.74. The van der Waals surface area contributed by atoms with Gasteiger partial charge in [-0.15, -0.1) is 0 Å². The average Bonchev–Trinajstić information content (AvgIpc) is 3.39. The van der Waals surface area contributed by atoms with E-state index in [0.29, 0.717) is 37.2 Å². The molecule has 2 aliphatic heterocycles. The number of allylic oxidation sites excluding steroid dienone is 4. The number of aliphatic imine (C=N–C) groups is 1. The third kappa shape index (κ3) is 8.62. The van der Waals surface area contributed by atoms with Crippen LogP contribution in [-0.4, -0.2) is 52.1 Å². The zero-order chi connectivity index (χ0) is 31.8. The lowest BCUT2D eigenvalue weighted by Gasteiger charge is -2.45. The molecule has 42 heavy (non-hydrogen) atoms. The monoisotopic (exact) mass is 617 g/mol. The normalized spacial score (nSPS) is 18.5. The molecule has 2 aromatic rings. The van der Waals surface area contributed by atoms with Crippen LogP contribution in [0.1, 0.15) is 72.1 Å². The van der Waals surface area contributed by atoms with E-state index in [9.17, 15) is 19.4 Å². The summed E-state index contributed by atoms with van der Waals surface area (Å²) in [6, 6.07) is 5.85. The molecule has 0 saturated carbocycles. The fourth-order valence-electron chi connectivity index (χ4n) is 4.67. The maximum atomic E-state index is 13.3. The van der Waals surface area contributed by atoms with Gasteiger partial charge in [-0.25, -0.2) is 4.98 Å². The standard InChI is InChI=1S/C26H32F5N5OS.2C2H6/c1-5-23(38(27,28,29,30)31)10-8-20(3)35-14-12-32-26-22(7-6-13-36(26)35)15-21-9-11-24(25(16-21)37-4)34-17-19(2)33-18-34;2*1-2/h8-11,15-18H,5-7,12-14H2,1-4H3;2*1-2H3/b20-8+,22-15+,23-10+;;. The van der Waals surface area contributed by atoms with Gasteiger partial charge >= 0.3 is 10.2 Å². The fourth-order valence-corrected chi connectivity index (χ4v) is 5.54. The predicted octanol–water partition coefficient (Wildman–Crippen LogP) is 9.85. The number of nitrogens with zero attached hydrogens (tertiary/aromatic N) is 5. The Balaban J connectivity index is 0.00000148. The molecule has 12 heteroatoms. The number of piperidine rings is 1. The van der Waals surface area contributed by atoms with Gasteiger partial charge < -0.3 is 9.30 Å². The minimum absolute atomic E-state index is 0.433. The summed E-state index contributed by atoms with van der Waals surface area (Å²) >= 11 is 0. The third-order valence-electron chi connectivity index (χ3n) is 6.51.